The van der Waals surface area contributed by atoms with Crippen LogP contribution in [-0.4, -0.2) is 39.8 Å². The molecule has 8 heteroatoms. The lowest BCUT2D eigenvalue weighted by atomic mass is 10.2. The lowest BCUT2D eigenvalue weighted by Gasteiger charge is -2.18. The number of carbonyl (C=O) groups is 2. The molecule has 0 fully saturated rings. The van der Waals surface area contributed by atoms with Crippen molar-refractivity contribution in [2.24, 2.45) is 5.10 Å². The van der Waals surface area contributed by atoms with E-state index >= 15 is 0 Å². The Morgan fingerprint density at radius 2 is 2.04 bits per heavy atom. The molecule has 0 saturated carbocycles. The quantitative estimate of drug-likeness (QED) is 0.791. The normalized spacial score (nSPS) is 14.6. The van der Waals surface area contributed by atoms with Crippen molar-refractivity contribution in [2.45, 2.75) is 19.4 Å². The number of hydrazone groups is 1. The molecule has 0 bridgehead atoms. The summed E-state index contributed by atoms with van der Waals surface area (Å²) in [5.74, 6) is -0.176. The summed E-state index contributed by atoms with van der Waals surface area (Å²) in [7, 11) is 1.50. The first-order chi connectivity index (χ1) is 11.1. The second-order valence-electron chi connectivity index (χ2n) is 4.91. The van der Waals surface area contributed by atoms with Crippen LogP contribution in [0, 0.1) is 0 Å². The van der Waals surface area contributed by atoms with Crippen LogP contribution >= 0.6 is 0 Å². The Hall–Kier alpha value is -3.03. The van der Waals surface area contributed by atoms with Crippen LogP contribution < -0.4 is 0 Å². The minimum atomic E-state index is -0.594. The molecule has 3 rings (SSSR count). The van der Waals surface area contributed by atoms with E-state index in [0.29, 0.717) is 5.89 Å². The number of benzene rings is 1. The van der Waals surface area contributed by atoms with Crippen molar-refractivity contribution in [2.75, 3.05) is 7.05 Å². The van der Waals surface area contributed by atoms with E-state index in [1.165, 1.54) is 7.05 Å². The minimum absolute atomic E-state index is 0.133. The molecule has 8 nitrogen and oxygen atoms in total. The Bertz CT molecular complexity index is 754. The van der Waals surface area contributed by atoms with Crippen molar-refractivity contribution in [3.63, 3.8) is 0 Å². The second-order valence-corrected chi connectivity index (χ2v) is 4.91. The number of ether oxygens (including phenoxy) is 1. The van der Waals surface area contributed by atoms with E-state index in [-0.39, 0.29) is 37.0 Å². The zero-order valence-corrected chi connectivity index (χ0v) is 12.4. The smallest absolute Gasteiger partial charge is 0.355 e. The van der Waals surface area contributed by atoms with Gasteiger partial charge in [-0.05, 0) is 12.1 Å². The summed E-state index contributed by atoms with van der Waals surface area (Å²) in [6.07, 6.45) is 0.504. The van der Waals surface area contributed by atoms with Gasteiger partial charge < -0.3 is 9.15 Å². The van der Waals surface area contributed by atoms with Gasteiger partial charge in [0.25, 0.3) is 5.89 Å². The fourth-order valence-electron chi connectivity index (χ4n) is 2.04. The van der Waals surface area contributed by atoms with Crippen molar-refractivity contribution in [3.05, 3.63) is 36.2 Å². The van der Waals surface area contributed by atoms with E-state index in [1.54, 1.807) is 0 Å². The number of rotatable bonds is 4. The Kier molecular flexibility index (Phi) is 4.13. The van der Waals surface area contributed by atoms with E-state index < -0.39 is 5.97 Å². The van der Waals surface area contributed by atoms with Crippen LogP contribution in [-0.2, 0) is 20.9 Å². The molecule has 23 heavy (non-hydrogen) atoms. The first-order valence-electron chi connectivity index (χ1n) is 7.02. The highest BCUT2D eigenvalue weighted by atomic mass is 16.5. The molecule has 0 atom stereocenters. The average molecular weight is 314 g/mol. The van der Waals surface area contributed by atoms with Gasteiger partial charge >= 0.3 is 5.97 Å². The molecule has 0 aliphatic carbocycles. The standard InChI is InChI=1S/C15H14N4O4/c1-19-13(20)8-7-11(18-19)15(21)22-9-12-16-17-14(23-12)10-5-3-2-4-6-10/h2-6H,7-9H2,1H3. The third kappa shape index (κ3) is 3.42. The molecule has 0 unspecified atom stereocenters. The molecular formula is C15H14N4O4. The zero-order chi connectivity index (χ0) is 16.2. The van der Waals surface area contributed by atoms with Crippen molar-refractivity contribution >= 4 is 17.6 Å². The van der Waals surface area contributed by atoms with Crippen LogP contribution in [0.15, 0.2) is 39.9 Å². The van der Waals surface area contributed by atoms with Crippen molar-refractivity contribution in [1.29, 1.82) is 0 Å². The highest BCUT2D eigenvalue weighted by Crippen LogP contribution is 2.17. The maximum absolute atomic E-state index is 11.9. The number of hydrogen-bond acceptors (Lipinski definition) is 7. The van der Waals surface area contributed by atoms with Gasteiger partial charge in [0.2, 0.25) is 11.8 Å². The van der Waals surface area contributed by atoms with Crippen LogP contribution in [0.3, 0.4) is 0 Å². The molecule has 2 heterocycles. The first-order valence-corrected chi connectivity index (χ1v) is 7.02. The molecule has 1 aliphatic rings. The SMILES string of the molecule is CN1N=C(C(=O)OCc2nnc(-c3ccccc3)o2)CCC1=O. The number of aromatic nitrogens is 2. The summed E-state index contributed by atoms with van der Waals surface area (Å²) in [5.41, 5.74) is 0.990. The van der Waals surface area contributed by atoms with Gasteiger partial charge in [-0.2, -0.15) is 5.10 Å². The summed E-state index contributed by atoms with van der Waals surface area (Å²) in [6.45, 7) is -0.144. The predicted molar refractivity (Wildman–Crippen MR) is 79.0 cm³/mol. The van der Waals surface area contributed by atoms with E-state index in [2.05, 4.69) is 15.3 Å². The van der Waals surface area contributed by atoms with Gasteiger partial charge in [-0.25, -0.2) is 9.80 Å². The number of hydrogen-bond donors (Lipinski definition) is 0. The third-order valence-corrected chi connectivity index (χ3v) is 3.26. The lowest BCUT2D eigenvalue weighted by Crippen LogP contribution is -2.32. The van der Waals surface area contributed by atoms with Gasteiger partial charge in [-0.15, -0.1) is 10.2 Å². The molecule has 0 N–H and O–H groups in total. The second kappa shape index (κ2) is 6.39. The van der Waals surface area contributed by atoms with Crippen molar-refractivity contribution in [1.82, 2.24) is 15.2 Å². The van der Waals surface area contributed by atoms with E-state index in [9.17, 15) is 9.59 Å². The van der Waals surface area contributed by atoms with Crippen LogP contribution in [0.25, 0.3) is 11.5 Å². The molecule has 0 radical (unpaired) electrons. The van der Waals surface area contributed by atoms with Gasteiger partial charge in [0.15, 0.2) is 6.61 Å². The minimum Gasteiger partial charge on any atom is -0.451 e. The van der Waals surface area contributed by atoms with Crippen molar-refractivity contribution < 1.29 is 18.7 Å². The van der Waals surface area contributed by atoms with Gasteiger partial charge in [0.1, 0.15) is 5.71 Å². The summed E-state index contributed by atoms with van der Waals surface area (Å²) >= 11 is 0. The predicted octanol–water partition coefficient (Wildman–Crippen LogP) is 1.39. The zero-order valence-electron chi connectivity index (χ0n) is 12.4. The summed E-state index contributed by atoms with van der Waals surface area (Å²) in [6, 6.07) is 9.28. The van der Waals surface area contributed by atoms with Crippen LogP contribution in [0.2, 0.25) is 0 Å². The number of esters is 1. The molecule has 2 aromatic rings. The molecule has 1 aliphatic heterocycles. The fourth-order valence-corrected chi connectivity index (χ4v) is 2.04. The maximum atomic E-state index is 11.9. The molecule has 1 aromatic carbocycles. The van der Waals surface area contributed by atoms with Gasteiger partial charge in [-0.3, -0.25) is 4.79 Å². The molecule has 118 valence electrons. The lowest BCUT2D eigenvalue weighted by molar-refractivity contribution is -0.138. The van der Waals surface area contributed by atoms with Gasteiger partial charge in [0.05, 0.1) is 0 Å². The van der Waals surface area contributed by atoms with E-state index in [4.69, 9.17) is 9.15 Å². The van der Waals surface area contributed by atoms with Crippen LogP contribution in [0.5, 0.6) is 0 Å². The highest BCUT2D eigenvalue weighted by molar-refractivity contribution is 6.37. The average Bonchev–Trinajstić information content (AvgIpc) is 3.05. The monoisotopic (exact) mass is 314 g/mol. The van der Waals surface area contributed by atoms with Gasteiger partial charge in [0, 0.05) is 25.5 Å². The third-order valence-electron chi connectivity index (χ3n) is 3.26. The van der Waals surface area contributed by atoms with Gasteiger partial charge in [-0.1, -0.05) is 18.2 Å². The van der Waals surface area contributed by atoms with Crippen molar-refractivity contribution in [3.8, 4) is 11.5 Å². The topological polar surface area (TPSA) is 97.9 Å². The highest BCUT2D eigenvalue weighted by Gasteiger charge is 2.23. The molecule has 0 spiro atoms. The van der Waals surface area contributed by atoms with Crippen LogP contribution in [0.4, 0.5) is 0 Å². The first kappa shape index (κ1) is 14.9. The Balaban J connectivity index is 1.61. The summed E-state index contributed by atoms with van der Waals surface area (Å²) in [4.78, 5) is 23.2. The Labute approximate surface area is 131 Å². The molecule has 1 aromatic heterocycles. The molecule has 0 saturated heterocycles. The molecule has 1 amide bonds. The number of amides is 1. The number of nitrogens with zero attached hydrogens (tertiary/aromatic N) is 4. The largest absolute Gasteiger partial charge is 0.451 e. The van der Waals surface area contributed by atoms with E-state index in [1.807, 2.05) is 30.3 Å². The van der Waals surface area contributed by atoms with Crippen LogP contribution in [0.1, 0.15) is 18.7 Å². The molecular weight excluding hydrogens is 300 g/mol. The Morgan fingerprint density at radius 1 is 1.26 bits per heavy atom. The number of carbonyl (C=O) groups excluding carboxylic acids is 2. The fraction of sp³-hybridized carbons (Fsp3) is 0.267. The summed E-state index contributed by atoms with van der Waals surface area (Å²) < 4.78 is 10.5. The summed E-state index contributed by atoms with van der Waals surface area (Å²) in [5, 5.41) is 12.8. The van der Waals surface area contributed by atoms with E-state index in [0.717, 1.165) is 10.6 Å². The Morgan fingerprint density at radius 3 is 2.78 bits per heavy atom. The maximum Gasteiger partial charge on any atom is 0.355 e.